The molecule has 0 aliphatic heterocycles. The summed E-state index contributed by atoms with van der Waals surface area (Å²) in [5.74, 6) is 7.02. The molecule has 0 aromatic rings. The number of hydrogen-bond donors (Lipinski definition) is 2. The molecule has 2 rings (SSSR count). The van der Waals surface area contributed by atoms with Gasteiger partial charge in [0.05, 0.1) is 12.2 Å². The van der Waals surface area contributed by atoms with Crippen LogP contribution in [0.1, 0.15) is 88.5 Å². The molecular weight excluding hydrogens is 512 g/mol. The minimum Gasteiger partial charge on any atom is -0.393 e. The summed E-state index contributed by atoms with van der Waals surface area (Å²) >= 11 is 0. The summed E-state index contributed by atoms with van der Waals surface area (Å²) in [6.07, 6.45) is 29.0. The molecule has 0 aromatic heterocycles. The lowest BCUT2D eigenvalue weighted by Crippen LogP contribution is -2.32. The Morgan fingerprint density at radius 2 is 1.33 bits per heavy atom. The zero-order chi connectivity index (χ0) is 31.5. The summed E-state index contributed by atoms with van der Waals surface area (Å²) in [7, 11) is 0. The van der Waals surface area contributed by atoms with Gasteiger partial charge in [-0.25, -0.2) is 0 Å². The van der Waals surface area contributed by atoms with Crippen LogP contribution in [0.25, 0.3) is 0 Å². The zero-order valence-corrected chi connectivity index (χ0v) is 27.8. The number of rotatable bonds is 8. The third-order valence-corrected chi connectivity index (χ3v) is 8.10. The second-order valence-corrected chi connectivity index (χ2v) is 13.5. The highest BCUT2D eigenvalue weighted by atomic mass is 16.3. The van der Waals surface area contributed by atoms with Crippen molar-refractivity contribution in [3.63, 3.8) is 0 Å². The van der Waals surface area contributed by atoms with Crippen LogP contribution in [0.15, 0.2) is 118 Å². The maximum atomic E-state index is 10.1. The third kappa shape index (κ3) is 11.6. The molecule has 0 aromatic carbocycles. The van der Waals surface area contributed by atoms with E-state index in [1.165, 1.54) is 27.9 Å². The van der Waals surface area contributed by atoms with Gasteiger partial charge in [-0.2, -0.15) is 0 Å². The smallest absolute Gasteiger partial charge is 0.0729 e. The third-order valence-electron chi connectivity index (χ3n) is 8.10. The molecule has 2 aliphatic carbocycles. The van der Waals surface area contributed by atoms with E-state index >= 15 is 0 Å². The molecule has 2 N–H and O–H groups in total. The largest absolute Gasteiger partial charge is 0.393 e. The molecule has 0 saturated heterocycles. The Morgan fingerprint density at radius 3 is 1.90 bits per heavy atom. The predicted molar refractivity (Wildman–Crippen MR) is 183 cm³/mol. The molecule has 0 unspecified atom stereocenters. The van der Waals surface area contributed by atoms with Gasteiger partial charge in [-0.1, -0.05) is 146 Å². The topological polar surface area (TPSA) is 40.5 Å². The fourth-order valence-electron chi connectivity index (χ4n) is 5.96. The van der Waals surface area contributed by atoms with Gasteiger partial charge in [0.1, 0.15) is 0 Å². The lowest BCUT2D eigenvalue weighted by Gasteiger charge is -2.38. The van der Waals surface area contributed by atoms with Gasteiger partial charge in [-0.05, 0) is 71.8 Å². The number of aliphatic hydroxyl groups is 2. The van der Waals surface area contributed by atoms with Crippen molar-refractivity contribution in [2.24, 2.45) is 16.7 Å². The van der Waals surface area contributed by atoms with Crippen molar-refractivity contribution in [3.05, 3.63) is 118 Å². The van der Waals surface area contributed by atoms with E-state index in [0.29, 0.717) is 5.92 Å². The first-order valence-corrected chi connectivity index (χ1v) is 15.3. The van der Waals surface area contributed by atoms with E-state index in [-0.39, 0.29) is 23.0 Å². The molecular formula is C40H54O2. The number of hydrogen-bond acceptors (Lipinski definition) is 2. The Morgan fingerprint density at radius 1 is 0.786 bits per heavy atom. The highest BCUT2D eigenvalue weighted by Crippen LogP contribution is 2.42. The zero-order valence-electron chi connectivity index (χ0n) is 27.8. The van der Waals surface area contributed by atoms with Crippen LogP contribution in [0.5, 0.6) is 0 Å². The van der Waals surface area contributed by atoms with E-state index in [0.717, 1.165) is 30.4 Å². The van der Waals surface area contributed by atoms with Gasteiger partial charge in [-0.15, -0.1) is 0 Å². The minimum absolute atomic E-state index is 0.0549. The van der Waals surface area contributed by atoms with E-state index in [4.69, 9.17) is 0 Å². The van der Waals surface area contributed by atoms with E-state index < -0.39 is 0 Å². The Balaban J connectivity index is 1.91. The van der Waals surface area contributed by atoms with Crippen LogP contribution in [0, 0.1) is 28.6 Å². The summed E-state index contributed by atoms with van der Waals surface area (Å²) in [4.78, 5) is 0. The lowest BCUT2D eigenvalue weighted by molar-refractivity contribution is 0.117. The molecule has 2 aliphatic rings. The van der Waals surface area contributed by atoms with Crippen molar-refractivity contribution in [2.75, 3.05) is 0 Å². The van der Waals surface area contributed by atoms with Crippen LogP contribution < -0.4 is 0 Å². The van der Waals surface area contributed by atoms with Crippen LogP contribution in [0.4, 0.5) is 0 Å². The SMILES string of the molecule is CC1=C[C@H](O)CC(C)(C)[C@H]1/C=C/C(C)=C/C=C/C(C)=C/C=C/C=C(C)/C=C/C=C(\C)C#CC1=C(C)C[C@@H](O)CC1(C)C. The second-order valence-electron chi connectivity index (χ2n) is 13.5. The molecule has 226 valence electrons. The van der Waals surface area contributed by atoms with E-state index in [1.54, 1.807) is 0 Å². The van der Waals surface area contributed by atoms with E-state index in [2.05, 4.69) is 135 Å². The molecule has 0 amide bonds. The van der Waals surface area contributed by atoms with Crippen LogP contribution in [0.3, 0.4) is 0 Å². The van der Waals surface area contributed by atoms with E-state index in [1.807, 2.05) is 25.2 Å². The Hall–Kier alpha value is -3.12. The molecule has 0 radical (unpaired) electrons. The average molecular weight is 567 g/mol. The maximum Gasteiger partial charge on any atom is 0.0729 e. The van der Waals surface area contributed by atoms with Gasteiger partial charge in [0.2, 0.25) is 0 Å². The summed E-state index contributed by atoms with van der Waals surface area (Å²) < 4.78 is 0. The summed E-state index contributed by atoms with van der Waals surface area (Å²) in [5, 5.41) is 20.1. The van der Waals surface area contributed by atoms with Gasteiger partial charge in [0.15, 0.2) is 0 Å². The maximum absolute atomic E-state index is 10.1. The minimum atomic E-state index is -0.333. The van der Waals surface area contributed by atoms with Crippen molar-refractivity contribution < 1.29 is 10.2 Å². The molecule has 0 spiro atoms. The van der Waals surface area contributed by atoms with Gasteiger partial charge in [-0.3, -0.25) is 0 Å². The molecule has 0 fully saturated rings. The van der Waals surface area contributed by atoms with Crippen molar-refractivity contribution >= 4 is 0 Å². The van der Waals surface area contributed by atoms with Crippen LogP contribution in [-0.2, 0) is 0 Å². The predicted octanol–water partition coefficient (Wildman–Crippen LogP) is 9.85. The van der Waals surface area contributed by atoms with Gasteiger partial charge in [0.25, 0.3) is 0 Å². The molecule has 0 saturated carbocycles. The van der Waals surface area contributed by atoms with E-state index in [9.17, 15) is 10.2 Å². The highest BCUT2D eigenvalue weighted by molar-refractivity contribution is 5.45. The van der Waals surface area contributed by atoms with Crippen LogP contribution in [0.2, 0.25) is 0 Å². The Bertz CT molecular complexity index is 1330. The standard InChI is InChI=1S/C40H54O2/c1-29(17-13-19-31(3)21-23-37-33(5)25-35(41)27-39(37,7)8)15-11-12-16-30(2)18-14-20-32(4)22-24-38-34(6)26-36(42)28-40(38,9)10/h11-21,23,25,35-37,41-42H,26-28H2,1-10H3/b12-11+,17-13+,18-14+,23-21+,29-15+,30-16+,31-19+,32-20+/t35-,36+,37-/m0/s1. The van der Waals surface area contributed by atoms with Crippen LogP contribution in [-0.4, -0.2) is 22.4 Å². The molecule has 0 heterocycles. The molecule has 3 atom stereocenters. The first-order chi connectivity index (χ1) is 19.6. The normalized spacial score (nSPS) is 26.0. The summed E-state index contributed by atoms with van der Waals surface area (Å²) in [6.45, 7) is 21.3. The first kappa shape index (κ1) is 35.1. The van der Waals surface area contributed by atoms with Crippen molar-refractivity contribution in [3.8, 4) is 11.8 Å². The fraction of sp³-hybridized carbons (Fsp3) is 0.450. The Kier molecular flexibility index (Phi) is 13.3. The van der Waals surface area contributed by atoms with Gasteiger partial charge < -0.3 is 10.2 Å². The summed E-state index contributed by atoms with van der Waals surface area (Å²) in [6, 6.07) is 0. The number of aliphatic hydroxyl groups excluding tert-OH is 2. The monoisotopic (exact) mass is 566 g/mol. The summed E-state index contributed by atoms with van der Waals surface area (Å²) in [5.41, 5.74) is 8.16. The molecule has 42 heavy (non-hydrogen) atoms. The fourth-order valence-corrected chi connectivity index (χ4v) is 5.96. The number of allylic oxidation sites excluding steroid dienone is 18. The van der Waals surface area contributed by atoms with Crippen molar-refractivity contribution in [1.29, 1.82) is 0 Å². The van der Waals surface area contributed by atoms with Crippen LogP contribution >= 0.6 is 0 Å². The highest BCUT2D eigenvalue weighted by Gasteiger charge is 2.34. The second kappa shape index (κ2) is 15.9. The Labute approximate surface area is 257 Å². The average Bonchev–Trinajstić information content (AvgIpc) is 2.84. The van der Waals surface area contributed by atoms with Gasteiger partial charge in [0, 0.05) is 16.9 Å². The molecule has 2 nitrogen and oxygen atoms in total. The molecule has 2 heteroatoms. The quantitative estimate of drug-likeness (QED) is 0.174. The van der Waals surface area contributed by atoms with Crippen molar-refractivity contribution in [2.45, 2.75) is 101 Å². The van der Waals surface area contributed by atoms with Crippen molar-refractivity contribution in [1.82, 2.24) is 0 Å². The lowest BCUT2D eigenvalue weighted by atomic mass is 9.67. The van der Waals surface area contributed by atoms with Gasteiger partial charge >= 0.3 is 0 Å². The first-order valence-electron chi connectivity index (χ1n) is 15.3. The molecule has 0 bridgehead atoms.